The highest BCUT2D eigenvalue weighted by Crippen LogP contribution is 2.34. The Balaban J connectivity index is 1.78. The van der Waals surface area contributed by atoms with E-state index in [0.717, 1.165) is 28.9 Å². The van der Waals surface area contributed by atoms with Crippen LogP contribution in [0.5, 0.6) is 5.75 Å². The van der Waals surface area contributed by atoms with Gasteiger partial charge in [-0.2, -0.15) is 4.80 Å². The van der Waals surface area contributed by atoms with Crippen LogP contribution in [0.4, 0.5) is 0 Å². The molecule has 1 aliphatic rings. The smallest absolute Gasteiger partial charge is 0.204 e. The van der Waals surface area contributed by atoms with Crippen LogP contribution in [0.25, 0.3) is 11.4 Å². The molecule has 3 unspecified atom stereocenters. The fraction of sp³-hybridized carbons (Fsp3) is 0.550. The van der Waals surface area contributed by atoms with Gasteiger partial charge in [0.15, 0.2) is 12.1 Å². The van der Waals surface area contributed by atoms with Crippen molar-refractivity contribution in [3.63, 3.8) is 0 Å². The number of hydrogen-bond donors (Lipinski definition) is 0. The summed E-state index contributed by atoms with van der Waals surface area (Å²) in [5.41, 5.74) is 2.96. The van der Waals surface area contributed by atoms with E-state index < -0.39 is 12.1 Å². The van der Waals surface area contributed by atoms with Crippen molar-refractivity contribution >= 4 is 0 Å². The largest absolute Gasteiger partial charge is 0.490 e. The monoisotopic (exact) mass is 388 g/mol. The van der Waals surface area contributed by atoms with Gasteiger partial charge in [0, 0.05) is 26.2 Å². The summed E-state index contributed by atoms with van der Waals surface area (Å²) in [4.78, 5) is 1.45. The van der Waals surface area contributed by atoms with Crippen LogP contribution in [-0.2, 0) is 21.3 Å². The lowest BCUT2D eigenvalue weighted by atomic mass is 10.0. The third kappa shape index (κ3) is 4.24. The van der Waals surface area contributed by atoms with Crippen molar-refractivity contribution in [1.82, 2.24) is 20.2 Å². The Bertz CT molecular complexity index is 827. The van der Waals surface area contributed by atoms with Gasteiger partial charge < -0.3 is 18.9 Å². The van der Waals surface area contributed by atoms with E-state index in [1.165, 1.54) is 4.80 Å². The molecule has 8 nitrogen and oxygen atoms in total. The van der Waals surface area contributed by atoms with Gasteiger partial charge in [0.25, 0.3) is 0 Å². The summed E-state index contributed by atoms with van der Waals surface area (Å²) < 4.78 is 23.2. The molecule has 3 rings (SSSR count). The van der Waals surface area contributed by atoms with E-state index in [2.05, 4.69) is 22.3 Å². The van der Waals surface area contributed by atoms with Crippen molar-refractivity contribution < 1.29 is 18.9 Å². The van der Waals surface area contributed by atoms with Crippen LogP contribution in [0.15, 0.2) is 24.3 Å². The second-order valence-corrected chi connectivity index (χ2v) is 6.99. The number of hydrogen-bond acceptors (Lipinski definition) is 7. The summed E-state index contributed by atoms with van der Waals surface area (Å²) in [7, 11) is 4.99. The van der Waals surface area contributed by atoms with E-state index in [4.69, 9.17) is 18.9 Å². The molecule has 0 saturated carbocycles. The zero-order chi connectivity index (χ0) is 20.3. The topological polar surface area (TPSA) is 80.5 Å². The highest BCUT2D eigenvalue weighted by atomic mass is 16.8. The molecule has 0 N–H and O–H groups in total. The fourth-order valence-electron chi connectivity index (χ4n) is 3.36. The Labute approximate surface area is 165 Å². The zero-order valence-electron chi connectivity index (χ0n) is 17.3. The number of aromatic nitrogens is 4. The van der Waals surface area contributed by atoms with Gasteiger partial charge in [-0.05, 0) is 60.9 Å². The van der Waals surface area contributed by atoms with E-state index in [1.54, 1.807) is 21.3 Å². The molecule has 0 aliphatic carbocycles. The average molecular weight is 388 g/mol. The summed E-state index contributed by atoms with van der Waals surface area (Å²) in [6.45, 7) is 6.13. The second-order valence-electron chi connectivity index (χ2n) is 6.99. The van der Waals surface area contributed by atoms with Crippen molar-refractivity contribution in [3.05, 3.63) is 35.4 Å². The van der Waals surface area contributed by atoms with Gasteiger partial charge in [-0.15, -0.1) is 10.2 Å². The van der Waals surface area contributed by atoms with E-state index >= 15 is 0 Å². The molecule has 1 aromatic heterocycles. The van der Waals surface area contributed by atoms with Gasteiger partial charge in [-0.25, -0.2) is 0 Å². The summed E-state index contributed by atoms with van der Waals surface area (Å²) in [6, 6.07) is 4.04. The maximum atomic E-state index is 6.38. The van der Waals surface area contributed by atoms with Crippen molar-refractivity contribution in [2.24, 2.45) is 7.05 Å². The normalized spacial score (nSPS) is 22.6. The summed E-state index contributed by atoms with van der Waals surface area (Å²) in [5, 5.41) is 12.3. The van der Waals surface area contributed by atoms with Crippen LogP contribution in [0.3, 0.4) is 0 Å². The minimum Gasteiger partial charge on any atom is -0.490 e. The maximum Gasteiger partial charge on any atom is 0.204 e. The molecule has 0 bridgehead atoms. The molecule has 0 radical (unpaired) electrons. The lowest BCUT2D eigenvalue weighted by molar-refractivity contribution is -0.251. The molecular formula is C20H28N4O4. The number of nitrogens with zero attached hydrogens (tertiary/aromatic N) is 4. The first kappa shape index (κ1) is 20.4. The molecule has 0 saturated heterocycles. The van der Waals surface area contributed by atoms with Crippen molar-refractivity contribution in [2.45, 2.75) is 51.8 Å². The molecule has 1 aromatic carbocycles. The van der Waals surface area contributed by atoms with Crippen LogP contribution in [-0.4, -0.2) is 52.6 Å². The number of ether oxygens (including phenoxy) is 4. The van der Waals surface area contributed by atoms with Gasteiger partial charge in [0.1, 0.15) is 11.9 Å². The Morgan fingerprint density at radius 3 is 2.46 bits per heavy atom. The van der Waals surface area contributed by atoms with E-state index in [9.17, 15) is 0 Å². The van der Waals surface area contributed by atoms with Crippen molar-refractivity contribution in [1.29, 1.82) is 0 Å². The third-order valence-electron chi connectivity index (χ3n) is 4.88. The minimum atomic E-state index is -0.841. The first-order valence-corrected chi connectivity index (χ1v) is 9.37. The van der Waals surface area contributed by atoms with E-state index in [1.807, 2.05) is 38.1 Å². The minimum absolute atomic E-state index is 0.0851. The third-order valence-corrected chi connectivity index (χ3v) is 4.88. The average Bonchev–Trinajstić information content (AvgIpc) is 3.30. The first-order chi connectivity index (χ1) is 13.4. The number of benzene rings is 1. The molecule has 152 valence electrons. The maximum absolute atomic E-state index is 6.38. The van der Waals surface area contributed by atoms with Crippen molar-refractivity contribution in [2.75, 3.05) is 14.2 Å². The molecule has 8 heteroatoms. The molecule has 1 aliphatic heterocycles. The molecule has 0 fully saturated rings. The number of rotatable bonds is 8. The molecular weight excluding hydrogens is 360 g/mol. The van der Waals surface area contributed by atoms with Gasteiger partial charge in [-0.1, -0.05) is 6.92 Å². The zero-order valence-corrected chi connectivity index (χ0v) is 17.3. The highest BCUT2D eigenvalue weighted by molar-refractivity contribution is 5.60. The van der Waals surface area contributed by atoms with Gasteiger partial charge >= 0.3 is 0 Å². The van der Waals surface area contributed by atoms with Crippen LogP contribution < -0.4 is 4.74 Å². The number of aryl methyl sites for hydroxylation is 3. The van der Waals surface area contributed by atoms with Crippen LogP contribution in [0.2, 0.25) is 0 Å². The second kappa shape index (κ2) is 8.38. The van der Waals surface area contributed by atoms with E-state index in [-0.39, 0.29) is 6.10 Å². The predicted octanol–water partition coefficient (Wildman–Crippen LogP) is 2.94. The molecule has 2 heterocycles. The lowest BCUT2D eigenvalue weighted by Gasteiger charge is -2.31. The molecule has 0 spiro atoms. The number of methoxy groups -OCH3 is 2. The molecule has 2 aromatic rings. The Morgan fingerprint density at radius 2 is 1.96 bits per heavy atom. The first-order valence-electron chi connectivity index (χ1n) is 9.37. The SMILES string of the molecule is CCC(CC1(OC)C=CC(OC)O1)Oc1c(C)cc(-c2nnn(C)n2)cc1C. The predicted molar refractivity (Wildman–Crippen MR) is 104 cm³/mol. The van der Waals surface area contributed by atoms with Gasteiger partial charge in [0.2, 0.25) is 5.82 Å². The quantitative estimate of drug-likeness (QED) is 0.643. The molecule has 3 atom stereocenters. The van der Waals surface area contributed by atoms with Gasteiger partial charge in [0.05, 0.1) is 7.05 Å². The van der Waals surface area contributed by atoms with E-state index in [0.29, 0.717) is 12.2 Å². The Morgan fingerprint density at radius 1 is 1.25 bits per heavy atom. The summed E-state index contributed by atoms with van der Waals surface area (Å²) in [5.74, 6) is 0.615. The Kier molecular flexibility index (Phi) is 6.12. The van der Waals surface area contributed by atoms with Crippen LogP contribution in [0, 0.1) is 13.8 Å². The Hall–Kier alpha value is -2.29. The van der Waals surface area contributed by atoms with Crippen LogP contribution >= 0.6 is 0 Å². The van der Waals surface area contributed by atoms with Gasteiger partial charge in [-0.3, -0.25) is 0 Å². The molecule has 0 amide bonds. The standard InChI is InChI=1S/C20H28N4O4/c1-7-16(12-20(26-6)9-8-17(25-5)28-20)27-18-13(2)10-15(11-14(18)3)19-21-23-24(4)22-19/h8-11,16-17H,7,12H2,1-6H3. The summed E-state index contributed by atoms with van der Waals surface area (Å²) in [6.07, 6.45) is 4.64. The molecule has 28 heavy (non-hydrogen) atoms. The summed E-state index contributed by atoms with van der Waals surface area (Å²) >= 11 is 0. The highest BCUT2D eigenvalue weighted by Gasteiger charge is 2.38. The fourth-order valence-corrected chi connectivity index (χ4v) is 3.36. The van der Waals surface area contributed by atoms with Crippen LogP contribution in [0.1, 0.15) is 30.9 Å². The number of tetrazole rings is 1. The van der Waals surface area contributed by atoms with Crippen molar-refractivity contribution in [3.8, 4) is 17.1 Å². The lowest BCUT2D eigenvalue weighted by Crippen LogP contribution is -2.38.